The molecule has 17 heavy (non-hydrogen) atoms. The third-order valence-corrected chi connectivity index (χ3v) is 2.67. The second-order valence-electron chi connectivity index (χ2n) is 4.88. The number of ether oxygens (including phenoxy) is 1. The average molecular weight is 258 g/mol. The monoisotopic (exact) mass is 257 g/mol. The Hall–Kier alpha value is -0.770. The molecule has 0 aliphatic rings. The maximum absolute atomic E-state index is 9.59. The lowest BCUT2D eigenvalue weighted by Gasteiger charge is -2.19. The quantitative estimate of drug-likeness (QED) is 0.853. The minimum absolute atomic E-state index is 0.133. The molecule has 0 aliphatic heterocycles. The van der Waals surface area contributed by atoms with E-state index in [1.165, 1.54) is 0 Å². The zero-order valence-electron chi connectivity index (χ0n) is 10.5. The second-order valence-corrected chi connectivity index (χ2v) is 5.32. The lowest BCUT2D eigenvalue weighted by molar-refractivity contribution is 0.0552. The number of hydrogen-bond donors (Lipinski definition) is 2. The Balaban J connectivity index is 2.70. The molecule has 0 unspecified atom stereocenters. The molecule has 0 saturated heterocycles. The third-order valence-electron chi connectivity index (χ3n) is 2.43. The van der Waals surface area contributed by atoms with Crippen LogP contribution in [0.25, 0.3) is 0 Å². The SMILES string of the molecule is C[C@@H](N)c1cc(Cl)ccc1OCCC(C)(C)O. The summed E-state index contributed by atoms with van der Waals surface area (Å²) in [5.74, 6) is 0.730. The summed E-state index contributed by atoms with van der Waals surface area (Å²) < 4.78 is 5.63. The third kappa shape index (κ3) is 4.94. The molecule has 0 bridgehead atoms. The molecule has 1 aromatic carbocycles. The predicted molar refractivity (Wildman–Crippen MR) is 70.5 cm³/mol. The van der Waals surface area contributed by atoms with Crippen LogP contribution in [-0.4, -0.2) is 17.3 Å². The first-order valence-corrected chi connectivity index (χ1v) is 6.07. The van der Waals surface area contributed by atoms with E-state index in [1.807, 2.05) is 19.1 Å². The molecule has 1 aromatic rings. The standard InChI is InChI=1S/C13H20ClNO2/c1-9(15)11-8-10(14)4-5-12(11)17-7-6-13(2,3)16/h4-5,8-9,16H,6-7,15H2,1-3H3/t9-/m1/s1. The van der Waals surface area contributed by atoms with Crippen molar-refractivity contribution in [3.63, 3.8) is 0 Å². The van der Waals surface area contributed by atoms with Gasteiger partial charge in [-0.3, -0.25) is 0 Å². The first kappa shape index (κ1) is 14.3. The van der Waals surface area contributed by atoms with E-state index in [4.69, 9.17) is 22.1 Å². The number of benzene rings is 1. The van der Waals surface area contributed by atoms with E-state index < -0.39 is 5.60 Å². The van der Waals surface area contributed by atoms with Gasteiger partial charge in [0.25, 0.3) is 0 Å². The van der Waals surface area contributed by atoms with Gasteiger partial charge in [0.1, 0.15) is 5.75 Å². The zero-order valence-corrected chi connectivity index (χ0v) is 11.3. The van der Waals surface area contributed by atoms with Crippen LogP contribution >= 0.6 is 11.6 Å². The molecule has 1 atom stereocenters. The molecule has 0 aromatic heterocycles. The predicted octanol–water partition coefficient (Wildman–Crippen LogP) is 2.90. The van der Waals surface area contributed by atoms with E-state index in [1.54, 1.807) is 19.9 Å². The van der Waals surface area contributed by atoms with Gasteiger partial charge in [0.15, 0.2) is 0 Å². The Bertz CT molecular complexity index is 372. The van der Waals surface area contributed by atoms with Crippen LogP contribution < -0.4 is 10.5 Å². The number of rotatable bonds is 5. The molecule has 0 fully saturated rings. The summed E-state index contributed by atoms with van der Waals surface area (Å²) in [6, 6.07) is 5.26. The summed E-state index contributed by atoms with van der Waals surface area (Å²) in [6.45, 7) is 5.84. The number of hydrogen-bond acceptors (Lipinski definition) is 3. The van der Waals surface area contributed by atoms with Crippen LogP contribution in [0.1, 0.15) is 38.8 Å². The minimum Gasteiger partial charge on any atom is -0.493 e. The largest absolute Gasteiger partial charge is 0.493 e. The fourth-order valence-corrected chi connectivity index (χ4v) is 1.60. The van der Waals surface area contributed by atoms with E-state index >= 15 is 0 Å². The van der Waals surface area contributed by atoms with Gasteiger partial charge in [-0.15, -0.1) is 0 Å². The van der Waals surface area contributed by atoms with Crippen molar-refractivity contribution in [1.29, 1.82) is 0 Å². The first-order valence-electron chi connectivity index (χ1n) is 5.70. The van der Waals surface area contributed by atoms with Crippen molar-refractivity contribution < 1.29 is 9.84 Å². The Kier molecular flexibility index (Phi) is 4.80. The second kappa shape index (κ2) is 5.71. The summed E-state index contributed by atoms with van der Waals surface area (Å²) in [6.07, 6.45) is 0.564. The Morgan fingerprint density at radius 1 is 1.47 bits per heavy atom. The smallest absolute Gasteiger partial charge is 0.124 e. The van der Waals surface area contributed by atoms with Crippen LogP contribution in [-0.2, 0) is 0 Å². The fourth-order valence-electron chi connectivity index (χ4n) is 1.42. The Morgan fingerprint density at radius 2 is 2.12 bits per heavy atom. The molecule has 3 nitrogen and oxygen atoms in total. The van der Waals surface area contributed by atoms with E-state index in [0.717, 1.165) is 11.3 Å². The normalized spacial score (nSPS) is 13.5. The molecule has 4 heteroatoms. The molecule has 0 spiro atoms. The summed E-state index contributed by atoms with van der Waals surface area (Å²) >= 11 is 5.92. The van der Waals surface area contributed by atoms with Crippen molar-refractivity contribution >= 4 is 11.6 Å². The zero-order chi connectivity index (χ0) is 13.1. The number of nitrogens with two attached hydrogens (primary N) is 1. The molecule has 0 heterocycles. The van der Waals surface area contributed by atoms with E-state index in [-0.39, 0.29) is 6.04 Å². The molecule has 0 amide bonds. The first-order chi connectivity index (χ1) is 7.79. The van der Waals surface area contributed by atoms with Crippen LogP contribution in [0.4, 0.5) is 0 Å². The van der Waals surface area contributed by atoms with E-state index in [2.05, 4.69) is 0 Å². The maximum atomic E-state index is 9.59. The molecule has 1 rings (SSSR count). The Labute approximate surface area is 108 Å². The highest BCUT2D eigenvalue weighted by atomic mass is 35.5. The molecule has 0 radical (unpaired) electrons. The summed E-state index contributed by atoms with van der Waals surface area (Å²) in [5, 5.41) is 10.2. The fraction of sp³-hybridized carbons (Fsp3) is 0.538. The average Bonchev–Trinajstić information content (AvgIpc) is 2.18. The van der Waals surface area contributed by atoms with Crippen LogP contribution in [0.15, 0.2) is 18.2 Å². The molecule has 96 valence electrons. The topological polar surface area (TPSA) is 55.5 Å². The van der Waals surface area contributed by atoms with Gasteiger partial charge in [0, 0.05) is 23.0 Å². The van der Waals surface area contributed by atoms with Crippen molar-refractivity contribution in [1.82, 2.24) is 0 Å². The highest BCUT2D eigenvalue weighted by Gasteiger charge is 2.14. The van der Waals surface area contributed by atoms with Gasteiger partial charge in [-0.1, -0.05) is 11.6 Å². The molecule has 0 aliphatic carbocycles. The van der Waals surface area contributed by atoms with Crippen molar-refractivity contribution in [2.24, 2.45) is 5.73 Å². The molecule has 3 N–H and O–H groups in total. The van der Waals surface area contributed by atoms with Gasteiger partial charge in [0.2, 0.25) is 0 Å². The van der Waals surface area contributed by atoms with Crippen molar-refractivity contribution in [2.45, 2.75) is 38.8 Å². The molecule has 0 saturated carbocycles. The van der Waals surface area contributed by atoms with Gasteiger partial charge >= 0.3 is 0 Å². The summed E-state index contributed by atoms with van der Waals surface area (Å²) in [7, 11) is 0. The van der Waals surface area contributed by atoms with Crippen LogP contribution in [0.5, 0.6) is 5.75 Å². The lowest BCUT2D eigenvalue weighted by Crippen LogP contribution is -2.22. The highest BCUT2D eigenvalue weighted by molar-refractivity contribution is 6.30. The van der Waals surface area contributed by atoms with Gasteiger partial charge in [-0.05, 0) is 39.0 Å². The summed E-state index contributed by atoms with van der Waals surface area (Å²) in [5.41, 5.74) is 6.01. The maximum Gasteiger partial charge on any atom is 0.124 e. The van der Waals surface area contributed by atoms with E-state index in [9.17, 15) is 5.11 Å². The van der Waals surface area contributed by atoms with Crippen molar-refractivity contribution in [2.75, 3.05) is 6.61 Å². The number of aliphatic hydroxyl groups is 1. The van der Waals surface area contributed by atoms with Crippen LogP contribution in [0, 0.1) is 0 Å². The van der Waals surface area contributed by atoms with Gasteiger partial charge in [0.05, 0.1) is 12.2 Å². The Morgan fingerprint density at radius 3 is 2.65 bits per heavy atom. The van der Waals surface area contributed by atoms with Crippen molar-refractivity contribution in [3.8, 4) is 5.75 Å². The lowest BCUT2D eigenvalue weighted by atomic mass is 10.1. The molecular formula is C13H20ClNO2. The van der Waals surface area contributed by atoms with Gasteiger partial charge in [-0.25, -0.2) is 0 Å². The minimum atomic E-state index is -0.721. The highest BCUT2D eigenvalue weighted by Crippen LogP contribution is 2.27. The van der Waals surface area contributed by atoms with Gasteiger partial charge in [-0.2, -0.15) is 0 Å². The summed E-state index contributed by atoms with van der Waals surface area (Å²) in [4.78, 5) is 0. The van der Waals surface area contributed by atoms with Gasteiger partial charge < -0.3 is 15.6 Å². The van der Waals surface area contributed by atoms with Crippen LogP contribution in [0.3, 0.4) is 0 Å². The van der Waals surface area contributed by atoms with Crippen molar-refractivity contribution in [3.05, 3.63) is 28.8 Å². The molecular weight excluding hydrogens is 238 g/mol. The number of halogens is 1. The van der Waals surface area contributed by atoms with E-state index in [0.29, 0.717) is 18.1 Å². The van der Waals surface area contributed by atoms with Crippen LogP contribution in [0.2, 0.25) is 5.02 Å².